The lowest BCUT2D eigenvalue weighted by Gasteiger charge is -2.26. The number of hydrogen-bond donors (Lipinski definition) is 1. The number of carbonyl (C=O) groups excluding carboxylic acids is 2. The van der Waals surface area contributed by atoms with Crippen LogP contribution < -0.4 is 0 Å². The van der Waals surface area contributed by atoms with Gasteiger partial charge in [0.2, 0.25) is 6.10 Å². The van der Waals surface area contributed by atoms with Gasteiger partial charge < -0.3 is 14.6 Å². The quantitative estimate of drug-likeness (QED) is 0.779. The van der Waals surface area contributed by atoms with Crippen LogP contribution in [0.5, 0.6) is 0 Å². The molecule has 0 aromatic heterocycles. The molecule has 5 atom stereocenters. The third kappa shape index (κ3) is 3.21. The lowest BCUT2D eigenvalue weighted by molar-refractivity contribution is -0.171. The monoisotopic (exact) mass is 326 g/mol. The summed E-state index contributed by atoms with van der Waals surface area (Å²) in [6, 6.07) is 0. The van der Waals surface area contributed by atoms with Crippen LogP contribution >= 0.6 is 0 Å². The summed E-state index contributed by atoms with van der Waals surface area (Å²) in [4.78, 5) is 36.2. The summed E-state index contributed by atoms with van der Waals surface area (Å²) in [5.74, 6) is -3.55. The van der Waals surface area contributed by atoms with Gasteiger partial charge in [-0.1, -0.05) is 40.5 Å². The molecule has 0 amide bonds. The molecule has 0 aromatic carbocycles. The fourth-order valence-corrected chi connectivity index (χ4v) is 3.93. The highest BCUT2D eigenvalue weighted by molar-refractivity contribution is 5.86. The van der Waals surface area contributed by atoms with Gasteiger partial charge in [0.05, 0.1) is 11.8 Å². The summed E-state index contributed by atoms with van der Waals surface area (Å²) in [7, 11) is 0. The van der Waals surface area contributed by atoms with Crippen LogP contribution in [0.3, 0.4) is 0 Å². The molecule has 1 aliphatic heterocycles. The maximum atomic E-state index is 12.7. The SMILES string of the molecule is CCC1CC(CC)C(C(=O)OC2C(=O)OCC2(C)C)C1C(=O)O. The van der Waals surface area contributed by atoms with Gasteiger partial charge in [0.1, 0.15) is 6.61 Å². The Morgan fingerprint density at radius 3 is 2.22 bits per heavy atom. The molecule has 2 aliphatic rings. The fourth-order valence-electron chi connectivity index (χ4n) is 3.93. The van der Waals surface area contributed by atoms with Crippen molar-refractivity contribution < 1.29 is 29.0 Å². The number of cyclic esters (lactones) is 1. The first-order valence-corrected chi connectivity index (χ1v) is 8.32. The Morgan fingerprint density at radius 1 is 1.22 bits per heavy atom. The van der Waals surface area contributed by atoms with E-state index >= 15 is 0 Å². The summed E-state index contributed by atoms with van der Waals surface area (Å²) in [5, 5.41) is 9.56. The fraction of sp³-hybridized carbons (Fsp3) is 0.824. The van der Waals surface area contributed by atoms with Gasteiger partial charge in [-0.05, 0) is 18.3 Å². The highest BCUT2D eigenvalue weighted by Crippen LogP contribution is 2.46. The number of ether oxygens (including phenoxy) is 2. The molecule has 130 valence electrons. The minimum atomic E-state index is -0.956. The number of carbonyl (C=O) groups is 3. The number of esters is 2. The highest BCUT2D eigenvalue weighted by Gasteiger charge is 2.53. The molecule has 0 spiro atoms. The van der Waals surface area contributed by atoms with Crippen molar-refractivity contribution in [3.63, 3.8) is 0 Å². The first kappa shape index (κ1) is 17.8. The van der Waals surface area contributed by atoms with Crippen LogP contribution in [0.4, 0.5) is 0 Å². The zero-order chi connectivity index (χ0) is 17.4. The van der Waals surface area contributed by atoms with Crippen molar-refractivity contribution in [3.05, 3.63) is 0 Å². The highest BCUT2D eigenvalue weighted by atomic mass is 16.6. The van der Waals surface area contributed by atoms with E-state index in [-0.39, 0.29) is 18.4 Å². The molecule has 1 heterocycles. The Hall–Kier alpha value is -1.59. The van der Waals surface area contributed by atoms with E-state index in [1.165, 1.54) is 0 Å². The van der Waals surface area contributed by atoms with E-state index < -0.39 is 41.3 Å². The van der Waals surface area contributed by atoms with Crippen LogP contribution in [0.2, 0.25) is 0 Å². The molecule has 0 radical (unpaired) electrons. The van der Waals surface area contributed by atoms with Crippen molar-refractivity contribution in [3.8, 4) is 0 Å². The van der Waals surface area contributed by atoms with E-state index in [9.17, 15) is 19.5 Å². The predicted molar refractivity (Wildman–Crippen MR) is 81.4 cm³/mol. The number of carboxylic acid groups (broad SMARTS) is 1. The van der Waals surface area contributed by atoms with Gasteiger partial charge in [-0.3, -0.25) is 9.59 Å². The van der Waals surface area contributed by atoms with E-state index in [2.05, 4.69) is 0 Å². The van der Waals surface area contributed by atoms with Crippen LogP contribution in [-0.2, 0) is 23.9 Å². The predicted octanol–water partition coefficient (Wildman–Crippen LogP) is 2.25. The summed E-state index contributed by atoms with van der Waals surface area (Å²) in [6.07, 6.45) is 1.19. The lowest BCUT2D eigenvalue weighted by Crippen LogP contribution is -2.40. The summed E-state index contributed by atoms with van der Waals surface area (Å²) >= 11 is 0. The average molecular weight is 326 g/mol. The van der Waals surface area contributed by atoms with E-state index in [1.54, 1.807) is 13.8 Å². The van der Waals surface area contributed by atoms with Gasteiger partial charge in [-0.15, -0.1) is 0 Å². The van der Waals surface area contributed by atoms with Gasteiger partial charge in [-0.25, -0.2) is 4.79 Å². The molecule has 2 rings (SSSR count). The molecular formula is C17H26O6. The molecule has 6 heteroatoms. The second-order valence-electron chi connectivity index (χ2n) is 7.38. The number of carboxylic acids is 1. The molecule has 1 saturated heterocycles. The zero-order valence-electron chi connectivity index (χ0n) is 14.2. The van der Waals surface area contributed by atoms with E-state index in [1.807, 2.05) is 13.8 Å². The molecule has 0 bridgehead atoms. The second-order valence-corrected chi connectivity index (χ2v) is 7.38. The molecule has 1 aliphatic carbocycles. The molecule has 6 nitrogen and oxygen atoms in total. The largest absolute Gasteiger partial charge is 0.481 e. The summed E-state index contributed by atoms with van der Waals surface area (Å²) in [5.41, 5.74) is -0.587. The molecule has 5 unspecified atom stereocenters. The van der Waals surface area contributed by atoms with Crippen molar-refractivity contribution >= 4 is 17.9 Å². The van der Waals surface area contributed by atoms with Crippen molar-refractivity contribution in [2.45, 2.75) is 53.1 Å². The smallest absolute Gasteiger partial charge is 0.348 e. The third-order valence-electron chi connectivity index (χ3n) is 5.36. The zero-order valence-corrected chi connectivity index (χ0v) is 14.2. The van der Waals surface area contributed by atoms with E-state index in [0.29, 0.717) is 12.8 Å². The van der Waals surface area contributed by atoms with Gasteiger partial charge in [-0.2, -0.15) is 0 Å². The van der Waals surface area contributed by atoms with Gasteiger partial charge in [0.15, 0.2) is 0 Å². The molecule has 1 N–H and O–H groups in total. The van der Waals surface area contributed by atoms with Crippen LogP contribution in [0, 0.1) is 29.1 Å². The number of rotatable bonds is 5. The van der Waals surface area contributed by atoms with Gasteiger partial charge in [0, 0.05) is 5.41 Å². The van der Waals surface area contributed by atoms with Crippen molar-refractivity contribution in [1.82, 2.24) is 0 Å². The van der Waals surface area contributed by atoms with Crippen molar-refractivity contribution in [1.29, 1.82) is 0 Å². The normalized spacial score (nSPS) is 35.8. The molecule has 1 saturated carbocycles. The molecule has 2 fully saturated rings. The maximum absolute atomic E-state index is 12.7. The minimum Gasteiger partial charge on any atom is -0.481 e. The lowest BCUT2D eigenvalue weighted by atomic mass is 9.84. The Balaban J connectivity index is 2.21. The Morgan fingerprint density at radius 2 is 1.78 bits per heavy atom. The standard InChI is InChI=1S/C17H26O6/c1-5-9-7-10(6-2)12(11(9)14(18)19)15(20)23-13-16(21)22-8-17(13,3)4/h9-13H,5-8H2,1-4H3,(H,18,19). The first-order valence-electron chi connectivity index (χ1n) is 8.32. The molecule has 0 aromatic rings. The first-order chi connectivity index (χ1) is 10.7. The van der Waals surface area contributed by atoms with Gasteiger partial charge >= 0.3 is 17.9 Å². The van der Waals surface area contributed by atoms with Gasteiger partial charge in [0.25, 0.3) is 0 Å². The average Bonchev–Trinajstić information content (AvgIpc) is 2.99. The Labute approximate surface area is 136 Å². The van der Waals surface area contributed by atoms with Crippen LogP contribution in [0.25, 0.3) is 0 Å². The topological polar surface area (TPSA) is 89.9 Å². The second kappa shape index (κ2) is 6.49. The number of hydrogen-bond acceptors (Lipinski definition) is 5. The number of aliphatic carboxylic acids is 1. The van der Waals surface area contributed by atoms with E-state index in [0.717, 1.165) is 6.42 Å². The Bertz CT molecular complexity index is 497. The third-order valence-corrected chi connectivity index (χ3v) is 5.36. The molecular weight excluding hydrogens is 300 g/mol. The van der Waals surface area contributed by atoms with Crippen LogP contribution in [0.1, 0.15) is 47.0 Å². The maximum Gasteiger partial charge on any atom is 0.348 e. The summed E-state index contributed by atoms with van der Waals surface area (Å²) < 4.78 is 10.4. The van der Waals surface area contributed by atoms with Crippen LogP contribution in [-0.4, -0.2) is 35.7 Å². The minimum absolute atomic E-state index is 0.0194. The van der Waals surface area contributed by atoms with Crippen molar-refractivity contribution in [2.75, 3.05) is 6.61 Å². The van der Waals surface area contributed by atoms with E-state index in [4.69, 9.17) is 9.47 Å². The molecule has 23 heavy (non-hydrogen) atoms. The summed E-state index contributed by atoms with van der Waals surface area (Å²) in [6.45, 7) is 7.69. The van der Waals surface area contributed by atoms with Crippen molar-refractivity contribution in [2.24, 2.45) is 29.1 Å². The Kier molecular flexibility index (Phi) is 5.01. The van der Waals surface area contributed by atoms with Crippen LogP contribution in [0.15, 0.2) is 0 Å².